The van der Waals surface area contributed by atoms with Gasteiger partial charge in [0.2, 0.25) is 0 Å². The summed E-state index contributed by atoms with van der Waals surface area (Å²) in [5.74, 6) is 0. The Morgan fingerprint density at radius 1 is 1.40 bits per heavy atom. The Kier molecular flexibility index (Phi) is 2.70. The predicted molar refractivity (Wildman–Crippen MR) is 62.2 cm³/mol. The summed E-state index contributed by atoms with van der Waals surface area (Å²) in [6.07, 6.45) is 3.23. The average Bonchev–Trinajstić information content (AvgIpc) is 2.22. The maximum absolute atomic E-state index is 11.7. The summed E-state index contributed by atoms with van der Waals surface area (Å²) in [6, 6.07) is 7.03. The van der Waals surface area contributed by atoms with Gasteiger partial charge in [-0.15, -0.1) is 0 Å². The minimum absolute atomic E-state index is 0.178. The van der Waals surface area contributed by atoms with Crippen molar-refractivity contribution in [3.05, 3.63) is 56.7 Å². The summed E-state index contributed by atoms with van der Waals surface area (Å²) in [6.45, 7) is 0. The van der Waals surface area contributed by atoms with E-state index in [0.717, 1.165) is 0 Å². The van der Waals surface area contributed by atoms with E-state index in [2.05, 4.69) is 4.98 Å². The molecule has 0 amide bonds. The highest BCUT2D eigenvalue weighted by molar-refractivity contribution is 7.71. The molecule has 0 atom stereocenters. The maximum atomic E-state index is 11.7. The lowest BCUT2D eigenvalue weighted by molar-refractivity contribution is 0.946. The fourth-order valence-electron chi connectivity index (χ4n) is 1.26. The fraction of sp³-hybridized carbons (Fsp3) is 0. The molecular weight excluding hydrogens is 232 g/mol. The summed E-state index contributed by atoms with van der Waals surface area (Å²) < 4.78 is 1.63. The molecule has 0 saturated heterocycles. The van der Waals surface area contributed by atoms with Crippen molar-refractivity contribution >= 4 is 23.8 Å². The van der Waals surface area contributed by atoms with Crippen LogP contribution in [-0.4, -0.2) is 9.55 Å². The van der Waals surface area contributed by atoms with Crippen molar-refractivity contribution in [2.45, 2.75) is 0 Å². The van der Waals surface area contributed by atoms with E-state index < -0.39 is 0 Å². The van der Waals surface area contributed by atoms with Gasteiger partial charge >= 0.3 is 0 Å². The molecule has 1 aromatic carbocycles. The Bertz CT molecular complexity index is 603. The van der Waals surface area contributed by atoms with Crippen molar-refractivity contribution in [3.8, 4) is 5.69 Å². The molecule has 0 fully saturated rings. The van der Waals surface area contributed by atoms with E-state index in [1.807, 2.05) is 0 Å². The molecule has 1 N–H and O–H groups in total. The number of rotatable bonds is 1. The summed E-state index contributed by atoms with van der Waals surface area (Å²) in [5, 5.41) is 0.582. The molecule has 0 saturated carbocycles. The van der Waals surface area contributed by atoms with E-state index in [1.54, 1.807) is 36.7 Å². The maximum Gasteiger partial charge on any atom is 0.290 e. The number of H-pyrrole nitrogens is 1. The highest BCUT2D eigenvalue weighted by atomic mass is 35.5. The molecular formula is C10H7ClN2OS. The number of halogens is 1. The van der Waals surface area contributed by atoms with Gasteiger partial charge in [-0.25, -0.2) is 0 Å². The van der Waals surface area contributed by atoms with Crippen LogP contribution in [0.1, 0.15) is 0 Å². The molecule has 0 unspecified atom stereocenters. The zero-order valence-corrected chi connectivity index (χ0v) is 9.18. The highest BCUT2D eigenvalue weighted by Crippen LogP contribution is 2.12. The van der Waals surface area contributed by atoms with Gasteiger partial charge in [0.05, 0.1) is 5.69 Å². The van der Waals surface area contributed by atoms with Crippen LogP contribution in [0.25, 0.3) is 5.69 Å². The van der Waals surface area contributed by atoms with Crippen molar-refractivity contribution in [1.29, 1.82) is 0 Å². The third kappa shape index (κ3) is 2.00. The summed E-state index contributed by atoms with van der Waals surface area (Å²) in [4.78, 5) is 14.3. The van der Waals surface area contributed by atoms with Crippen LogP contribution < -0.4 is 5.56 Å². The minimum atomic E-state index is -0.255. The fourth-order valence-corrected chi connectivity index (χ4v) is 1.61. The van der Waals surface area contributed by atoms with Gasteiger partial charge in [0.25, 0.3) is 5.56 Å². The van der Waals surface area contributed by atoms with Crippen molar-refractivity contribution in [2.24, 2.45) is 0 Å². The normalized spacial score (nSPS) is 10.2. The number of aromatic nitrogens is 2. The molecule has 2 aromatic rings. The number of nitrogens with zero attached hydrogens (tertiary/aromatic N) is 1. The van der Waals surface area contributed by atoms with E-state index in [-0.39, 0.29) is 10.2 Å². The van der Waals surface area contributed by atoms with Crippen molar-refractivity contribution in [3.63, 3.8) is 0 Å². The second kappa shape index (κ2) is 4.00. The van der Waals surface area contributed by atoms with Gasteiger partial charge in [-0.1, -0.05) is 29.9 Å². The first-order valence-electron chi connectivity index (χ1n) is 4.25. The summed E-state index contributed by atoms with van der Waals surface area (Å²) >= 11 is 10.7. The zero-order chi connectivity index (χ0) is 10.8. The molecule has 15 heavy (non-hydrogen) atoms. The van der Waals surface area contributed by atoms with Gasteiger partial charge in [0, 0.05) is 17.4 Å². The van der Waals surface area contributed by atoms with Crippen LogP contribution >= 0.6 is 23.8 Å². The molecule has 2 rings (SSSR count). The Morgan fingerprint density at radius 2 is 2.20 bits per heavy atom. The van der Waals surface area contributed by atoms with E-state index >= 15 is 0 Å². The van der Waals surface area contributed by atoms with Crippen molar-refractivity contribution in [2.75, 3.05) is 0 Å². The van der Waals surface area contributed by atoms with Crippen LogP contribution in [0.15, 0.2) is 41.5 Å². The van der Waals surface area contributed by atoms with Crippen LogP contribution in [0.3, 0.4) is 0 Å². The van der Waals surface area contributed by atoms with Crippen LogP contribution in [0.5, 0.6) is 0 Å². The molecule has 1 aromatic heterocycles. The molecule has 3 nitrogen and oxygen atoms in total. The van der Waals surface area contributed by atoms with Gasteiger partial charge in [0.15, 0.2) is 4.64 Å². The molecule has 0 aliphatic heterocycles. The third-order valence-electron chi connectivity index (χ3n) is 1.94. The average molecular weight is 239 g/mol. The number of aromatic amines is 1. The number of hydrogen-bond donors (Lipinski definition) is 1. The Labute approximate surface area is 96.0 Å². The predicted octanol–water partition coefficient (Wildman–Crippen LogP) is 2.55. The van der Waals surface area contributed by atoms with Gasteiger partial charge < -0.3 is 4.98 Å². The standard InChI is InChI=1S/C10H7ClN2OS/c11-7-2-1-3-8(6-7)13-5-4-12-9(15)10(13)14/h1-6H,(H,12,15). The first-order chi connectivity index (χ1) is 7.18. The largest absolute Gasteiger partial charge is 0.347 e. The van der Waals surface area contributed by atoms with Gasteiger partial charge in [-0.05, 0) is 18.2 Å². The lowest BCUT2D eigenvalue weighted by Crippen LogP contribution is -2.18. The Morgan fingerprint density at radius 3 is 2.93 bits per heavy atom. The second-order valence-corrected chi connectivity index (χ2v) is 3.79. The Balaban J connectivity index is 2.70. The van der Waals surface area contributed by atoms with Crippen molar-refractivity contribution in [1.82, 2.24) is 9.55 Å². The molecule has 1 heterocycles. The van der Waals surface area contributed by atoms with E-state index in [1.165, 1.54) is 4.57 Å². The van der Waals surface area contributed by atoms with E-state index in [4.69, 9.17) is 23.8 Å². The van der Waals surface area contributed by atoms with E-state index in [9.17, 15) is 4.79 Å². The number of benzene rings is 1. The van der Waals surface area contributed by atoms with Gasteiger partial charge in [0.1, 0.15) is 0 Å². The van der Waals surface area contributed by atoms with Crippen LogP contribution in [-0.2, 0) is 0 Å². The third-order valence-corrected chi connectivity index (χ3v) is 2.47. The minimum Gasteiger partial charge on any atom is -0.347 e. The molecule has 0 bridgehead atoms. The van der Waals surface area contributed by atoms with Crippen LogP contribution in [0.2, 0.25) is 5.02 Å². The molecule has 0 aliphatic rings. The Hall–Kier alpha value is -1.39. The second-order valence-electron chi connectivity index (χ2n) is 2.94. The first-order valence-corrected chi connectivity index (χ1v) is 5.03. The summed E-state index contributed by atoms with van der Waals surface area (Å²) in [7, 11) is 0. The molecule has 0 radical (unpaired) electrons. The number of hydrogen-bond acceptors (Lipinski definition) is 2. The monoisotopic (exact) mass is 238 g/mol. The lowest BCUT2D eigenvalue weighted by atomic mass is 10.3. The van der Waals surface area contributed by atoms with Crippen LogP contribution in [0, 0.1) is 4.64 Å². The number of nitrogens with one attached hydrogen (secondary N) is 1. The van der Waals surface area contributed by atoms with Gasteiger partial charge in [-0.2, -0.15) is 0 Å². The molecule has 5 heteroatoms. The summed E-state index contributed by atoms with van der Waals surface area (Å²) in [5.41, 5.74) is 0.447. The highest BCUT2D eigenvalue weighted by Gasteiger charge is 2.00. The van der Waals surface area contributed by atoms with E-state index in [0.29, 0.717) is 10.7 Å². The molecule has 76 valence electrons. The van der Waals surface area contributed by atoms with Crippen molar-refractivity contribution < 1.29 is 0 Å². The lowest BCUT2D eigenvalue weighted by Gasteiger charge is -2.04. The topological polar surface area (TPSA) is 37.8 Å². The molecule has 0 aliphatic carbocycles. The smallest absolute Gasteiger partial charge is 0.290 e. The van der Waals surface area contributed by atoms with Crippen LogP contribution in [0.4, 0.5) is 0 Å². The quantitative estimate of drug-likeness (QED) is 0.776. The first kappa shape index (κ1) is 10.1. The zero-order valence-electron chi connectivity index (χ0n) is 7.61. The van der Waals surface area contributed by atoms with Gasteiger partial charge in [-0.3, -0.25) is 9.36 Å². The SMILES string of the molecule is O=c1c(=S)[nH]ccn1-c1cccc(Cl)c1. The molecule has 0 spiro atoms.